The van der Waals surface area contributed by atoms with Gasteiger partial charge in [0.25, 0.3) is 0 Å². The second kappa shape index (κ2) is 9.52. The molecule has 0 aromatic heterocycles. The van der Waals surface area contributed by atoms with Gasteiger partial charge in [-0.05, 0) is 48.2 Å². The number of hydrogen-bond donors (Lipinski definition) is 1. The molecule has 1 N–H and O–H groups in total. The minimum atomic E-state index is -3.98. The molecule has 0 radical (unpaired) electrons. The molecule has 0 bridgehead atoms. The number of rotatable bonds is 7. The molecule has 0 saturated carbocycles. The van der Waals surface area contributed by atoms with E-state index < -0.39 is 28.3 Å². The fourth-order valence-electron chi connectivity index (χ4n) is 3.56. The van der Waals surface area contributed by atoms with Crippen LogP contribution < -0.4 is 5.32 Å². The minimum Gasteiger partial charge on any atom is -0.324 e. The Morgan fingerprint density at radius 3 is 2.27 bits per heavy atom. The fraction of sp³-hybridized carbons (Fsp3) is 0.115. The number of carbonyl (C=O) groups is 1. The highest BCUT2D eigenvalue weighted by Gasteiger charge is 2.27. The highest BCUT2D eigenvalue weighted by Crippen LogP contribution is 2.24. The monoisotopic (exact) mass is 462 g/mol. The molecule has 0 saturated heterocycles. The van der Waals surface area contributed by atoms with Crippen LogP contribution in [0.15, 0.2) is 95.9 Å². The first kappa shape index (κ1) is 22.6. The summed E-state index contributed by atoms with van der Waals surface area (Å²) in [6, 6.07) is 25.2. The molecule has 4 rings (SSSR count). The molecule has 0 atom stereocenters. The zero-order valence-corrected chi connectivity index (χ0v) is 18.8. The molecule has 0 aliphatic rings. The standard InChI is InChI=1S/C26H23FN2O3S/c1-19-9-15-23(16-10-19)33(31,32)29(17-20-11-13-22(27)14-12-20)18-26(30)28-25-8-4-6-21-5-2-3-7-24(21)25/h2-16H,17-18H2,1H3,(H,28,30). The van der Waals surface area contributed by atoms with Crippen LogP contribution in [0.1, 0.15) is 11.1 Å². The third kappa shape index (κ3) is 5.27. The SMILES string of the molecule is Cc1ccc(S(=O)(=O)N(CC(=O)Nc2cccc3ccccc23)Cc2ccc(F)cc2)cc1. The van der Waals surface area contributed by atoms with Crippen molar-refractivity contribution in [3.8, 4) is 0 Å². The third-order valence-electron chi connectivity index (χ3n) is 5.31. The van der Waals surface area contributed by atoms with Crippen molar-refractivity contribution < 1.29 is 17.6 Å². The van der Waals surface area contributed by atoms with Crippen LogP contribution in [-0.4, -0.2) is 25.2 Å². The number of anilines is 1. The summed E-state index contributed by atoms with van der Waals surface area (Å²) in [5, 5.41) is 4.66. The quantitative estimate of drug-likeness (QED) is 0.415. The van der Waals surface area contributed by atoms with Crippen molar-refractivity contribution in [2.24, 2.45) is 0 Å². The third-order valence-corrected chi connectivity index (χ3v) is 7.12. The Morgan fingerprint density at radius 2 is 1.55 bits per heavy atom. The topological polar surface area (TPSA) is 66.5 Å². The molecule has 0 aliphatic carbocycles. The summed E-state index contributed by atoms with van der Waals surface area (Å²) in [4.78, 5) is 13.1. The Labute approximate surface area is 192 Å². The molecule has 168 valence electrons. The lowest BCUT2D eigenvalue weighted by atomic mass is 10.1. The molecule has 0 aliphatic heterocycles. The summed E-state index contributed by atoms with van der Waals surface area (Å²) >= 11 is 0. The average molecular weight is 463 g/mol. The second-order valence-corrected chi connectivity index (χ2v) is 9.73. The number of hydrogen-bond acceptors (Lipinski definition) is 3. The molecule has 5 nitrogen and oxygen atoms in total. The number of halogens is 1. The second-order valence-electron chi connectivity index (χ2n) is 7.79. The first-order chi connectivity index (χ1) is 15.8. The molecule has 0 fully saturated rings. The summed E-state index contributed by atoms with van der Waals surface area (Å²) < 4.78 is 41.2. The minimum absolute atomic E-state index is 0.0700. The highest BCUT2D eigenvalue weighted by molar-refractivity contribution is 7.89. The van der Waals surface area contributed by atoms with E-state index in [1.54, 1.807) is 18.2 Å². The van der Waals surface area contributed by atoms with E-state index in [4.69, 9.17) is 0 Å². The van der Waals surface area contributed by atoms with Crippen LogP contribution in [0.3, 0.4) is 0 Å². The molecule has 0 unspecified atom stereocenters. The lowest BCUT2D eigenvalue weighted by Crippen LogP contribution is -2.37. The number of nitrogens with zero attached hydrogens (tertiary/aromatic N) is 1. The van der Waals surface area contributed by atoms with Gasteiger partial charge in [0, 0.05) is 17.6 Å². The maximum atomic E-state index is 13.4. The Balaban J connectivity index is 1.63. The van der Waals surface area contributed by atoms with Crippen LogP contribution in [0, 0.1) is 12.7 Å². The molecule has 33 heavy (non-hydrogen) atoms. The van der Waals surface area contributed by atoms with Crippen molar-refractivity contribution in [1.82, 2.24) is 4.31 Å². The van der Waals surface area contributed by atoms with Crippen LogP contribution in [0.25, 0.3) is 10.8 Å². The summed E-state index contributed by atoms with van der Waals surface area (Å²) in [7, 11) is -3.98. The van der Waals surface area contributed by atoms with Gasteiger partial charge in [-0.15, -0.1) is 0 Å². The van der Waals surface area contributed by atoms with Crippen molar-refractivity contribution in [2.45, 2.75) is 18.4 Å². The van der Waals surface area contributed by atoms with Crippen molar-refractivity contribution in [1.29, 1.82) is 0 Å². The van der Waals surface area contributed by atoms with Gasteiger partial charge in [0.1, 0.15) is 5.82 Å². The lowest BCUT2D eigenvalue weighted by molar-refractivity contribution is -0.116. The van der Waals surface area contributed by atoms with Gasteiger partial charge in [-0.1, -0.05) is 66.2 Å². The van der Waals surface area contributed by atoms with E-state index >= 15 is 0 Å². The number of nitrogens with one attached hydrogen (secondary N) is 1. The Bertz CT molecular complexity index is 1380. The number of carbonyl (C=O) groups excluding carboxylic acids is 1. The number of sulfonamides is 1. The Morgan fingerprint density at radius 1 is 0.879 bits per heavy atom. The molecular weight excluding hydrogens is 439 g/mol. The molecule has 4 aromatic rings. The molecule has 7 heteroatoms. The van der Waals surface area contributed by atoms with Crippen LogP contribution >= 0.6 is 0 Å². The summed E-state index contributed by atoms with van der Waals surface area (Å²) in [6.45, 7) is 1.40. The summed E-state index contributed by atoms with van der Waals surface area (Å²) in [5.74, 6) is -0.885. The van der Waals surface area contributed by atoms with E-state index in [2.05, 4.69) is 5.32 Å². The molecule has 0 heterocycles. The highest BCUT2D eigenvalue weighted by atomic mass is 32.2. The number of amides is 1. The van der Waals surface area contributed by atoms with E-state index in [9.17, 15) is 17.6 Å². The smallest absolute Gasteiger partial charge is 0.243 e. The molecule has 1 amide bonds. The van der Waals surface area contributed by atoms with Gasteiger partial charge in [0.15, 0.2) is 0 Å². The number of benzene rings is 4. The lowest BCUT2D eigenvalue weighted by Gasteiger charge is -2.22. The van der Waals surface area contributed by atoms with Crippen LogP contribution in [-0.2, 0) is 21.4 Å². The first-order valence-electron chi connectivity index (χ1n) is 10.4. The average Bonchev–Trinajstić information content (AvgIpc) is 2.80. The number of fused-ring (bicyclic) bond motifs is 1. The zero-order valence-electron chi connectivity index (χ0n) is 18.0. The van der Waals surface area contributed by atoms with E-state index in [0.717, 1.165) is 20.6 Å². The van der Waals surface area contributed by atoms with Gasteiger partial charge in [0.05, 0.1) is 11.4 Å². The Hall–Kier alpha value is -3.55. The van der Waals surface area contributed by atoms with Crippen molar-refractivity contribution in [3.63, 3.8) is 0 Å². The molecule has 0 spiro atoms. The van der Waals surface area contributed by atoms with Gasteiger partial charge < -0.3 is 5.32 Å². The Kier molecular flexibility index (Phi) is 6.53. The predicted molar refractivity (Wildman–Crippen MR) is 128 cm³/mol. The van der Waals surface area contributed by atoms with Gasteiger partial charge in [-0.2, -0.15) is 4.31 Å². The number of aryl methyl sites for hydroxylation is 1. The van der Waals surface area contributed by atoms with Gasteiger partial charge >= 0.3 is 0 Å². The van der Waals surface area contributed by atoms with Crippen LogP contribution in [0.5, 0.6) is 0 Å². The van der Waals surface area contributed by atoms with Crippen molar-refractivity contribution in [3.05, 3.63) is 108 Å². The van der Waals surface area contributed by atoms with E-state index in [1.807, 2.05) is 43.3 Å². The summed E-state index contributed by atoms with van der Waals surface area (Å²) in [5.41, 5.74) is 2.10. The maximum Gasteiger partial charge on any atom is 0.243 e. The van der Waals surface area contributed by atoms with Gasteiger partial charge in [-0.25, -0.2) is 12.8 Å². The predicted octanol–water partition coefficient (Wildman–Crippen LogP) is 5.12. The van der Waals surface area contributed by atoms with E-state index in [-0.39, 0.29) is 11.4 Å². The maximum absolute atomic E-state index is 13.4. The van der Waals surface area contributed by atoms with Gasteiger partial charge in [0.2, 0.25) is 15.9 Å². The van der Waals surface area contributed by atoms with Crippen LogP contribution in [0.4, 0.5) is 10.1 Å². The van der Waals surface area contributed by atoms with E-state index in [0.29, 0.717) is 11.3 Å². The largest absolute Gasteiger partial charge is 0.324 e. The van der Waals surface area contributed by atoms with Crippen molar-refractivity contribution >= 4 is 32.4 Å². The van der Waals surface area contributed by atoms with E-state index in [1.165, 1.54) is 36.4 Å². The molecular formula is C26H23FN2O3S. The zero-order chi connectivity index (χ0) is 23.4. The first-order valence-corrected chi connectivity index (χ1v) is 11.9. The van der Waals surface area contributed by atoms with Gasteiger partial charge in [-0.3, -0.25) is 4.79 Å². The normalized spacial score (nSPS) is 11.6. The van der Waals surface area contributed by atoms with Crippen LogP contribution in [0.2, 0.25) is 0 Å². The fourth-order valence-corrected chi connectivity index (χ4v) is 4.95. The molecule has 4 aromatic carbocycles. The van der Waals surface area contributed by atoms with Crippen molar-refractivity contribution in [2.75, 3.05) is 11.9 Å². The summed E-state index contributed by atoms with van der Waals surface area (Å²) in [6.07, 6.45) is 0.